The molecule has 0 N–H and O–H groups in total. The topological polar surface area (TPSA) is 29.5 Å². The summed E-state index contributed by atoms with van der Waals surface area (Å²) >= 11 is 5.04. The summed E-state index contributed by atoms with van der Waals surface area (Å²) in [5, 5.41) is 0. The predicted molar refractivity (Wildman–Crippen MR) is 69.5 cm³/mol. The lowest BCUT2D eigenvalue weighted by Gasteiger charge is -2.13. The summed E-state index contributed by atoms with van der Waals surface area (Å²) in [6.07, 6.45) is 0. The molecule has 0 aliphatic carbocycles. The van der Waals surface area contributed by atoms with Crippen molar-refractivity contribution in [1.82, 2.24) is 4.90 Å². The van der Waals surface area contributed by atoms with Gasteiger partial charge >= 0.3 is 0 Å². The molecule has 5 heteroatoms. The number of benzene rings is 1. The molecule has 3 nitrogen and oxygen atoms in total. The van der Waals surface area contributed by atoms with Crippen LogP contribution in [0.2, 0.25) is 0 Å². The summed E-state index contributed by atoms with van der Waals surface area (Å²) in [4.78, 5) is 2.58. The monoisotopic (exact) mass is 259 g/mol. The molecule has 90 valence electrons. The lowest BCUT2D eigenvalue weighted by Crippen LogP contribution is -2.20. The molecule has 0 saturated heterocycles. The maximum Gasteiger partial charge on any atom is 0.173 e. The van der Waals surface area contributed by atoms with Gasteiger partial charge in [-0.15, -0.1) is 0 Å². The first-order chi connectivity index (χ1) is 7.43. The molecule has 0 radical (unpaired) electrons. The second-order valence-electron chi connectivity index (χ2n) is 3.84. The average Bonchev–Trinajstić information content (AvgIpc) is 2.17. The number of likely N-dealkylation sites (N-methyl/N-ethyl adjacent to an activating group) is 1. The number of hydrogen-bond donors (Lipinski definition) is 0. The van der Waals surface area contributed by atoms with Gasteiger partial charge in [-0.1, -0.05) is 18.2 Å². The molecule has 16 heavy (non-hydrogen) atoms. The van der Waals surface area contributed by atoms with Gasteiger partial charge in [-0.2, -0.15) is 0 Å². The lowest BCUT2D eigenvalue weighted by molar-refractivity contribution is 0.279. The third-order valence-corrected chi connectivity index (χ3v) is 4.44. The quantitative estimate of drug-likeness (QED) is 0.803. The Morgan fingerprint density at radius 2 is 2.00 bits per heavy atom. The van der Waals surface area contributed by atoms with E-state index in [0.29, 0.717) is 18.0 Å². The molecular formula is C11H17NO2S2. The van der Waals surface area contributed by atoms with Crippen LogP contribution in [-0.4, -0.2) is 36.4 Å². The molecule has 1 atom stereocenters. The molecule has 0 amide bonds. The molecular weight excluding hydrogens is 242 g/mol. The van der Waals surface area contributed by atoms with E-state index in [1.807, 2.05) is 44.1 Å². The molecule has 0 bridgehead atoms. The Kier molecular flexibility index (Phi) is 4.86. The fourth-order valence-electron chi connectivity index (χ4n) is 1.23. The van der Waals surface area contributed by atoms with E-state index in [0.717, 1.165) is 5.56 Å². The summed E-state index contributed by atoms with van der Waals surface area (Å²) in [6, 6.07) is 7.37. The minimum Gasteiger partial charge on any atom is -0.307 e. The van der Waals surface area contributed by atoms with Gasteiger partial charge in [0, 0.05) is 17.7 Å². The van der Waals surface area contributed by atoms with Gasteiger partial charge in [0.05, 0.1) is 11.5 Å². The summed E-state index contributed by atoms with van der Waals surface area (Å²) in [5.41, 5.74) is 0.910. The minimum absolute atomic E-state index is 0.379. The summed E-state index contributed by atoms with van der Waals surface area (Å²) in [5.74, 6) is 0. The fraction of sp³-hybridized carbons (Fsp3) is 0.455. The summed E-state index contributed by atoms with van der Waals surface area (Å²) in [6.45, 7) is 2.97. The second-order valence-corrected chi connectivity index (χ2v) is 6.75. The molecule has 0 aliphatic heterocycles. The number of nitrogens with zero attached hydrogens (tertiary/aromatic N) is 1. The van der Waals surface area contributed by atoms with Crippen LogP contribution in [0.5, 0.6) is 0 Å². The lowest BCUT2D eigenvalue weighted by atomic mass is 10.2. The molecule has 1 aromatic carbocycles. The Balaban J connectivity index is 2.75. The Bertz CT molecular complexity index is 441. The van der Waals surface area contributed by atoms with E-state index in [1.165, 1.54) is 0 Å². The zero-order valence-corrected chi connectivity index (χ0v) is 11.4. The zero-order chi connectivity index (χ0) is 12.2. The van der Waals surface area contributed by atoms with Crippen molar-refractivity contribution >= 4 is 20.0 Å². The van der Waals surface area contributed by atoms with Gasteiger partial charge in [0.15, 0.2) is 8.77 Å². The molecule has 0 heterocycles. The zero-order valence-electron chi connectivity index (χ0n) is 9.80. The van der Waals surface area contributed by atoms with Crippen LogP contribution >= 0.6 is 0 Å². The van der Waals surface area contributed by atoms with Gasteiger partial charge in [0.2, 0.25) is 0 Å². The van der Waals surface area contributed by atoms with E-state index < -0.39 is 8.77 Å². The normalized spacial score (nSPS) is 15.0. The van der Waals surface area contributed by atoms with E-state index in [1.54, 1.807) is 6.07 Å². The van der Waals surface area contributed by atoms with Crippen LogP contribution in [0.15, 0.2) is 29.2 Å². The Morgan fingerprint density at radius 1 is 1.38 bits per heavy atom. The molecule has 1 rings (SSSR count). The summed E-state index contributed by atoms with van der Waals surface area (Å²) < 4.78 is 17.5. The molecule has 0 saturated carbocycles. The van der Waals surface area contributed by atoms with Gasteiger partial charge in [-0.25, -0.2) is 4.21 Å². The Hall–Kier alpha value is -0.490. The highest BCUT2D eigenvalue weighted by atomic mass is 32.8. The first-order valence-electron chi connectivity index (χ1n) is 5.03. The molecule has 0 aliphatic rings. The van der Waals surface area contributed by atoms with E-state index in [2.05, 4.69) is 0 Å². The molecule has 0 aromatic heterocycles. The maximum atomic E-state index is 12.2. The van der Waals surface area contributed by atoms with Crippen LogP contribution in [0, 0.1) is 6.92 Å². The third kappa shape index (κ3) is 3.83. The van der Waals surface area contributed by atoms with Crippen molar-refractivity contribution in [1.29, 1.82) is 0 Å². The van der Waals surface area contributed by atoms with Crippen molar-refractivity contribution in [2.24, 2.45) is 0 Å². The van der Waals surface area contributed by atoms with E-state index in [4.69, 9.17) is 15.4 Å². The van der Waals surface area contributed by atoms with Gasteiger partial charge in [-0.3, -0.25) is 4.18 Å². The van der Waals surface area contributed by atoms with Crippen LogP contribution in [0.4, 0.5) is 0 Å². The van der Waals surface area contributed by atoms with Gasteiger partial charge in [0.25, 0.3) is 0 Å². The molecule has 1 unspecified atom stereocenters. The van der Waals surface area contributed by atoms with Crippen LogP contribution in [0.3, 0.4) is 0 Å². The maximum absolute atomic E-state index is 12.2. The van der Waals surface area contributed by atoms with Gasteiger partial charge in [-0.05, 0) is 32.6 Å². The van der Waals surface area contributed by atoms with Crippen molar-refractivity contribution in [2.75, 3.05) is 27.2 Å². The largest absolute Gasteiger partial charge is 0.307 e. The van der Waals surface area contributed by atoms with Crippen molar-refractivity contribution in [2.45, 2.75) is 11.8 Å². The van der Waals surface area contributed by atoms with Crippen molar-refractivity contribution in [3.05, 3.63) is 29.8 Å². The van der Waals surface area contributed by atoms with Gasteiger partial charge < -0.3 is 4.90 Å². The van der Waals surface area contributed by atoms with Crippen LogP contribution in [0.1, 0.15) is 5.56 Å². The summed E-state index contributed by atoms with van der Waals surface area (Å²) in [7, 11) is 1.09. The minimum atomic E-state index is -2.78. The van der Waals surface area contributed by atoms with E-state index in [-0.39, 0.29) is 0 Å². The molecule has 0 spiro atoms. The second kappa shape index (κ2) is 5.72. The third-order valence-electron chi connectivity index (χ3n) is 2.14. The van der Waals surface area contributed by atoms with Crippen LogP contribution in [0.25, 0.3) is 0 Å². The highest BCUT2D eigenvalue weighted by Crippen LogP contribution is 2.17. The molecule has 1 aromatic rings. The number of aryl methyl sites for hydroxylation is 1. The van der Waals surface area contributed by atoms with Crippen LogP contribution in [-0.2, 0) is 24.1 Å². The van der Waals surface area contributed by atoms with Crippen molar-refractivity contribution < 1.29 is 8.39 Å². The number of hydrogen-bond acceptors (Lipinski definition) is 4. The number of rotatable bonds is 5. The van der Waals surface area contributed by atoms with Crippen LogP contribution < -0.4 is 0 Å². The predicted octanol–water partition coefficient (Wildman–Crippen LogP) is 1.59. The SMILES string of the molecule is Cc1ccccc1S(=O)(=S)OCCN(C)C. The Labute approximate surface area is 102 Å². The van der Waals surface area contributed by atoms with Crippen molar-refractivity contribution in [3.8, 4) is 0 Å². The standard InChI is InChI=1S/C11H17NO2S2/c1-10-6-4-5-7-11(10)16(13,15)14-9-8-12(2)3/h4-7H,8-9H2,1-3H3. The molecule has 0 fully saturated rings. The highest BCUT2D eigenvalue weighted by molar-refractivity contribution is 8.30. The first kappa shape index (κ1) is 13.6. The highest BCUT2D eigenvalue weighted by Gasteiger charge is 2.12. The van der Waals surface area contributed by atoms with Gasteiger partial charge in [0.1, 0.15) is 0 Å². The Morgan fingerprint density at radius 3 is 2.56 bits per heavy atom. The fourth-order valence-corrected chi connectivity index (χ4v) is 3.12. The smallest absolute Gasteiger partial charge is 0.173 e. The van der Waals surface area contributed by atoms with Crippen molar-refractivity contribution in [3.63, 3.8) is 0 Å². The van der Waals surface area contributed by atoms with E-state index in [9.17, 15) is 4.21 Å². The average molecular weight is 259 g/mol. The van der Waals surface area contributed by atoms with E-state index >= 15 is 0 Å². The first-order valence-corrected chi connectivity index (χ1v) is 7.44.